The highest BCUT2D eigenvalue weighted by Crippen LogP contribution is 2.49. The van der Waals surface area contributed by atoms with Gasteiger partial charge in [-0.2, -0.15) is 0 Å². The Morgan fingerprint density at radius 3 is 2.56 bits per heavy atom. The molecule has 0 unspecified atom stereocenters. The van der Waals surface area contributed by atoms with Crippen molar-refractivity contribution in [1.82, 2.24) is 5.16 Å². The zero-order valence-corrected chi connectivity index (χ0v) is 14.0. The molecule has 7 heteroatoms. The summed E-state index contributed by atoms with van der Waals surface area (Å²) in [4.78, 5) is 24.8. The van der Waals surface area contributed by atoms with Gasteiger partial charge in [0, 0.05) is 17.3 Å². The van der Waals surface area contributed by atoms with Gasteiger partial charge in [0.05, 0.1) is 16.0 Å². The highest BCUT2D eigenvalue weighted by molar-refractivity contribution is 7.13. The molecule has 2 aromatic heterocycles. The van der Waals surface area contributed by atoms with E-state index >= 15 is 0 Å². The van der Waals surface area contributed by atoms with Crippen LogP contribution in [0.5, 0.6) is 0 Å². The fraction of sp³-hybridized carbons (Fsp3) is 0.167. The number of benzene rings is 1. The van der Waals surface area contributed by atoms with Gasteiger partial charge in [0.15, 0.2) is 5.76 Å². The number of carbonyl (C=O) groups excluding carboxylic acids is 2. The lowest BCUT2D eigenvalue weighted by molar-refractivity contribution is -0.118. The van der Waals surface area contributed by atoms with Crippen LogP contribution in [0.15, 0.2) is 52.4 Å². The molecule has 0 bridgehead atoms. The minimum Gasteiger partial charge on any atom is -0.366 e. The monoisotopic (exact) mass is 353 g/mol. The molecule has 6 nitrogen and oxygen atoms in total. The van der Waals surface area contributed by atoms with Crippen molar-refractivity contribution in [3.63, 3.8) is 0 Å². The van der Waals surface area contributed by atoms with E-state index in [9.17, 15) is 9.59 Å². The van der Waals surface area contributed by atoms with E-state index in [-0.39, 0.29) is 5.91 Å². The van der Waals surface area contributed by atoms with Crippen molar-refractivity contribution in [3.05, 3.63) is 59.1 Å². The van der Waals surface area contributed by atoms with Crippen LogP contribution in [0.3, 0.4) is 0 Å². The SMILES string of the molecule is NC(=O)c1ccc(NC(=O)C2(c3cc(-c4cccs4)on3)CC2)cc1. The Morgan fingerprint density at radius 1 is 1.20 bits per heavy atom. The van der Waals surface area contributed by atoms with Crippen molar-refractivity contribution >= 4 is 28.8 Å². The van der Waals surface area contributed by atoms with Crippen molar-refractivity contribution in [2.45, 2.75) is 18.3 Å². The quantitative estimate of drug-likeness (QED) is 0.736. The summed E-state index contributed by atoms with van der Waals surface area (Å²) >= 11 is 1.56. The number of amides is 2. The molecule has 1 aromatic carbocycles. The third kappa shape index (κ3) is 2.83. The average molecular weight is 353 g/mol. The molecule has 1 aliphatic carbocycles. The van der Waals surface area contributed by atoms with Crippen molar-refractivity contribution in [3.8, 4) is 10.6 Å². The summed E-state index contributed by atoms with van der Waals surface area (Å²) in [5, 5.41) is 8.96. The van der Waals surface area contributed by atoms with E-state index in [4.69, 9.17) is 10.3 Å². The number of nitrogens with two attached hydrogens (primary N) is 1. The second kappa shape index (κ2) is 5.86. The first-order valence-electron chi connectivity index (χ1n) is 7.81. The van der Waals surface area contributed by atoms with Gasteiger partial charge in [0.1, 0.15) is 0 Å². The van der Waals surface area contributed by atoms with Crippen LogP contribution >= 0.6 is 11.3 Å². The lowest BCUT2D eigenvalue weighted by Crippen LogP contribution is -2.28. The molecule has 4 rings (SSSR count). The second-order valence-electron chi connectivity index (χ2n) is 6.03. The Morgan fingerprint density at radius 2 is 1.96 bits per heavy atom. The van der Waals surface area contributed by atoms with Crippen LogP contribution in [0.4, 0.5) is 5.69 Å². The van der Waals surface area contributed by atoms with Gasteiger partial charge >= 0.3 is 0 Å². The van der Waals surface area contributed by atoms with E-state index in [1.54, 1.807) is 35.6 Å². The molecule has 0 saturated heterocycles. The van der Waals surface area contributed by atoms with Gasteiger partial charge in [-0.25, -0.2) is 0 Å². The molecule has 2 heterocycles. The first kappa shape index (κ1) is 15.6. The van der Waals surface area contributed by atoms with Gasteiger partial charge in [-0.1, -0.05) is 11.2 Å². The zero-order chi connectivity index (χ0) is 17.4. The maximum absolute atomic E-state index is 12.7. The van der Waals surface area contributed by atoms with Crippen LogP contribution < -0.4 is 11.1 Å². The van der Waals surface area contributed by atoms with Crippen molar-refractivity contribution in [2.24, 2.45) is 5.73 Å². The number of hydrogen-bond acceptors (Lipinski definition) is 5. The van der Waals surface area contributed by atoms with Crippen molar-refractivity contribution in [1.29, 1.82) is 0 Å². The predicted octanol–water partition coefficient (Wildman–Crippen LogP) is 3.17. The Balaban J connectivity index is 1.52. The normalized spacial score (nSPS) is 14.9. The van der Waals surface area contributed by atoms with E-state index in [1.165, 1.54) is 0 Å². The second-order valence-corrected chi connectivity index (χ2v) is 6.98. The number of nitrogens with zero attached hydrogens (tertiary/aromatic N) is 1. The van der Waals surface area contributed by atoms with Gasteiger partial charge in [-0.15, -0.1) is 11.3 Å². The van der Waals surface area contributed by atoms with Crippen LogP contribution in [0.1, 0.15) is 28.9 Å². The molecule has 0 atom stereocenters. The molecule has 3 aromatic rings. The fourth-order valence-corrected chi connectivity index (χ4v) is 3.40. The van der Waals surface area contributed by atoms with Crippen molar-refractivity contribution in [2.75, 3.05) is 5.32 Å². The molecular weight excluding hydrogens is 338 g/mol. The van der Waals surface area contributed by atoms with Gasteiger partial charge in [-0.05, 0) is 48.6 Å². The highest BCUT2D eigenvalue weighted by Gasteiger charge is 2.53. The molecule has 2 amide bonds. The molecule has 0 radical (unpaired) electrons. The van der Waals surface area contributed by atoms with Gasteiger partial charge < -0.3 is 15.6 Å². The van der Waals surface area contributed by atoms with E-state index < -0.39 is 11.3 Å². The maximum atomic E-state index is 12.7. The Hall–Kier alpha value is -2.93. The summed E-state index contributed by atoms with van der Waals surface area (Å²) in [5.41, 5.74) is 6.25. The third-order valence-corrected chi connectivity index (χ3v) is 5.26. The van der Waals surface area contributed by atoms with Crippen LogP contribution in [0.2, 0.25) is 0 Å². The number of primary amides is 1. The van der Waals surface area contributed by atoms with E-state index in [0.717, 1.165) is 17.7 Å². The van der Waals surface area contributed by atoms with Crippen LogP contribution in [0.25, 0.3) is 10.6 Å². The minimum absolute atomic E-state index is 0.120. The molecule has 3 N–H and O–H groups in total. The fourth-order valence-electron chi connectivity index (χ4n) is 2.73. The summed E-state index contributed by atoms with van der Waals surface area (Å²) < 4.78 is 5.41. The summed E-state index contributed by atoms with van der Waals surface area (Å²) in [6, 6.07) is 12.2. The smallest absolute Gasteiger partial charge is 0.248 e. The van der Waals surface area contributed by atoms with E-state index in [2.05, 4.69) is 10.5 Å². The number of nitrogens with one attached hydrogen (secondary N) is 1. The van der Waals surface area contributed by atoms with Gasteiger partial charge in [-0.3, -0.25) is 9.59 Å². The molecule has 1 fully saturated rings. The van der Waals surface area contributed by atoms with Crippen LogP contribution in [-0.2, 0) is 10.2 Å². The Bertz CT molecular complexity index is 925. The standard InChI is InChI=1S/C18H15N3O3S/c19-16(22)11-3-5-12(6-4-11)20-17(23)18(7-8-18)15-10-13(24-21-15)14-2-1-9-25-14/h1-6,9-10H,7-8H2,(H2,19,22)(H,20,23). The molecular formula is C18H15N3O3S. The number of thiophene rings is 1. The molecule has 126 valence electrons. The van der Waals surface area contributed by atoms with Gasteiger partial charge in [0.25, 0.3) is 0 Å². The van der Waals surface area contributed by atoms with Crippen LogP contribution in [-0.4, -0.2) is 17.0 Å². The van der Waals surface area contributed by atoms with Crippen LogP contribution in [0, 0.1) is 0 Å². The van der Waals surface area contributed by atoms with Gasteiger partial charge in [0.2, 0.25) is 11.8 Å². The highest BCUT2D eigenvalue weighted by atomic mass is 32.1. The van der Waals surface area contributed by atoms with E-state index in [0.29, 0.717) is 22.7 Å². The zero-order valence-electron chi connectivity index (χ0n) is 13.2. The number of hydrogen-bond donors (Lipinski definition) is 2. The predicted molar refractivity (Wildman–Crippen MR) is 94.3 cm³/mol. The lowest BCUT2D eigenvalue weighted by Gasteiger charge is -2.12. The maximum Gasteiger partial charge on any atom is 0.248 e. The number of aromatic nitrogens is 1. The number of carbonyl (C=O) groups is 2. The number of anilines is 1. The van der Waals surface area contributed by atoms with Crippen molar-refractivity contribution < 1.29 is 14.1 Å². The Kier molecular flexibility index (Phi) is 3.65. The number of rotatable bonds is 5. The first-order chi connectivity index (χ1) is 12.1. The molecule has 0 spiro atoms. The largest absolute Gasteiger partial charge is 0.366 e. The minimum atomic E-state index is -0.638. The summed E-state index contributed by atoms with van der Waals surface area (Å²) in [6.07, 6.45) is 1.46. The third-order valence-electron chi connectivity index (χ3n) is 4.38. The average Bonchev–Trinajstić information content (AvgIpc) is 3.02. The summed E-state index contributed by atoms with van der Waals surface area (Å²) in [5.74, 6) is 0.0560. The summed E-state index contributed by atoms with van der Waals surface area (Å²) in [7, 11) is 0. The molecule has 1 saturated carbocycles. The lowest BCUT2D eigenvalue weighted by atomic mass is 10.0. The first-order valence-corrected chi connectivity index (χ1v) is 8.69. The Labute approximate surface area is 147 Å². The topological polar surface area (TPSA) is 98.2 Å². The summed E-state index contributed by atoms with van der Waals surface area (Å²) in [6.45, 7) is 0. The van der Waals surface area contributed by atoms with E-state index in [1.807, 2.05) is 23.6 Å². The molecule has 25 heavy (non-hydrogen) atoms. The molecule has 1 aliphatic rings. The molecule has 0 aliphatic heterocycles.